The molecule has 2 rings (SSSR count). The van der Waals surface area contributed by atoms with E-state index in [1.165, 1.54) is 12.1 Å². The summed E-state index contributed by atoms with van der Waals surface area (Å²) in [5.74, 6) is 0. The molecule has 0 aromatic heterocycles. The summed E-state index contributed by atoms with van der Waals surface area (Å²) in [5.41, 5.74) is -0.645. The minimum Gasteiger partial charge on any atom is -0.382 e. The molecule has 3 nitrogen and oxygen atoms in total. The van der Waals surface area contributed by atoms with Gasteiger partial charge in [-0.3, -0.25) is 0 Å². The molecule has 0 spiro atoms. The molecule has 0 radical (unpaired) electrons. The molecule has 1 aliphatic heterocycles. The van der Waals surface area contributed by atoms with E-state index in [4.69, 9.17) is 5.26 Å². The van der Waals surface area contributed by atoms with Gasteiger partial charge in [-0.15, -0.1) is 0 Å². The normalized spacial score (nSPS) is 17.8. The van der Waals surface area contributed by atoms with Crippen LogP contribution in [-0.2, 0) is 6.18 Å². The monoisotopic (exact) mass is 283 g/mol. The van der Waals surface area contributed by atoms with Crippen LogP contribution in [0.2, 0.25) is 0 Å². The van der Waals surface area contributed by atoms with Crippen molar-refractivity contribution in [1.29, 1.82) is 5.26 Å². The van der Waals surface area contributed by atoms with Gasteiger partial charge in [0.1, 0.15) is 0 Å². The Morgan fingerprint density at radius 2 is 1.95 bits per heavy atom. The summed E-state index contributed by atoms with van der Waals surface area (Å²) in [7, 11) is 2.04. The lowest BCUT2D eigenvalue weighted by Gasteiger charge is -2.30. The van der Waals surface area contributed by atoms with Crippen molar-refractivity contribution in [3.05, 3.63) is 29.3 Å². The van der Waals surface area contributed by atoms with Gasteiger partial charge < -0.3 is 10.2 Å². The van der Waals surface area contributed by atoms with Gasteiger partial charge in [-0.2, -0.15) is 18.4 Å². The quantitative estimate of drug-likeness (QED) is 0.906. The fraction of sp³-hybridized carbons (Fsp3) is 0.500. The summed E-state index contributed by atoms with van der Waals surface area (Å²) in [4.78, 5) is 2.21. The number of likely N-dealkylation sites (tertiary alicyclic amines) is 1. The van der Waals surface area contributed by atoms with Crippen LogP contribution in [-0.4, -0.2) is 31.1 Å². The molecule has 1 aromatic carbocycles. The molecule has 20 heavy (non-hydrogen) atoms. The second kappa shape index (κ2) is 5.71. The number of hydrogen-bond acceptors (Lipinski definition) is 3. The molecule has 1 aliphatic rings. The first-order valence-electron chi connectivity index (χ1n) is 6.46. The van der Waals surface area contributed by atoms with Gasteiger partial charge in [-0.25, -0.2) is 0 Å². The Balaban J connectivity index is 2.12. The summed E-state index contributed by atoms with van der Waals surface area (Å²) >= 11 is 0. The molecular weight excluding hydrogens is 267 g/mol. The summed E-state index contributed by atoms with van der Waals surface area (Å²) < 4.78 is 38.1. The number of benzene rings is 1. The lowest BCUT2D eigenvalue weighted by Crippen LogP contribution is -2.36. The molecule has 0 aliphatic carbocycles. The highest BCUT2D eigenvalue weighted by Crippen LogP contribution is 2.33. The Morgan fingerprint density at radius 1 is 1.30 bits per heavy atom. The molecular formula is C14H16F3N3. The highest BCUT2D eigenvalue weighted by atomic mass is 19.4. The van der Waals surface area contributed by atoms with Crippen molar-refractivity contribution in [2.45, 2.75) is 25.1 Å². The summed E-state index contributed by atoms with van der Waals surface area (Å²) in [5, 5.41) is 12.1. The lowest BCUT2D eigenvalue weighted by molar-refractivity contribution is -0.137. The number of anilines is 1. The maximum Gasteiger partial charge on any atom is 0.417 e. The van der Waals surface area contributed by atoms with Gasteiger partial charge in [0, 0.05) is 11.7 Å². The van der Waals surface area contributed by atoms with Crippen molar-refractivity contribution in [3.8, 4) is 6.07 Å². The van der Waals surface area contributed by atoms with Crippen LogP contribution in [0.15, 0.2) is 18.2 Å². The molecule has 108 valence electrons. The van der Waals surface area contributed by atoms with E-state index in [0.29, 0.717) is 5.69 Å². The zero-order chi connectivity index (χ0) is 14.8. The van der Waals surface area contributed by atoms with E-state index in [9.17, 15) is 13.2 Å². The third kappa shape index (κ3) is 3.42. The Labute approximate surface area is 116 Å². The van der Waals surface area contributed by atoms with Gasteiger partial charge >= 0.3 is 6.18 Å². The number of halogens is 3. The van der Waals surface area contributed by atoms with Crippen molar-refractivity contribution in [1.82, 2.24) is 4.90 Å². The van der Waals surface area contributed by atoms with Gasteiger partial charge in [0.15, 0.2) is 0 Å². The lowest BCUT2D eigenvalue weighted by atomic mass is 10.0. The van der Waals surface area contributed by atoms with Crippen LogP contribution in [0.4, 0.5) is 18.9 Å². The van der Waals surface area contributed by atoms with Crippen molar-refractivity contribution in [3.63, 3.8) is 0 Å². The third-order valence-corrected chi connectivity index (χ3v) is 3.53. The third-order valence-electron chi connectivity index (χ3n) is 3.53. The van der Waals surface area contributed by atoms with E-state index in [0.717, 1.165) is 32.0 Å². The van der Waals surface area contributed by atoms with Crippen LogP contribution >= 0.6 is 0 Å². The van der Waals surface area contributed by atoms with Gasteiger partial charge in [0.05, 0.1) is 17.2 Å². The van der Waals surface area contributed by atoms with Crippen molar-refractivity contribution in [2.75, 3.05) is 25.5 Å². The Bertz CT molecular complexity index is 511. The van der Waals surface area contributed by atoms with Crippen molar-refractivity contribution < 1.29 is 13.2 Å². The first kappa shape index (κ1) is 14.7. The van der Waals surface area contributed by atoms with E-state index in [1.807, 2.05) is 7.05 Å². The molecule has 0 atom stereocenters. The zero-order valence-corrected chi connectivity index (χ0v) is 11.2. The maximum absolute atomic E-state index is 12.7. The maximum atomic E-state index is 12.7. The summed E-state index contributed by atoms with van der Waals surface area (Å²) in [6.45, 7) is 1.92. The number of alkyl halides is 3. The Morgan fingerprint density at radius 3 is 2.50 bits per heavy atom. The second-order valence-electron chi connectivity index (χ2n) is 5.09. The molecule has 6 heteroatoms. The largest absolute Gasteiger partial charge is 0.417 e. The number of hydrogen-bond donors (Lipinski definition) is 1. The van der Waals surface area contributed by atoms with E-state index >= 15 is 0 Å². The molecule has 1 fully saturated rings. The minimum atomic E-state index is -4.49. The molecule has 0 saturated carbocycles. The van der Waals surface area contributed by atoms with Crippen LogP contribution < -0.4 is 5.32 Å². The number of nitrogens with one attached hydrogen (secondary N) is 1. The van der Waals surface area contributed by atoms with E-state index in [-0.39, 0.29) is 11.6 Å². The van der Waals surface area contributed by atoms with Gasteiger partial charge in [-0.1, -0.05) is 0 Å². The predicted molar refractivity (Wildman–Crippen MR) is 70.3 cm³/mol. The second-order valence-corrected chi connectivity index (χ2v) is 5.09. The van der Waals surface area contributed by atoms with E-state index < -0.39 is 11.7 Å². The molecule has 1 N–H and O–H groups in total. The number of rotatable bonds is 2. The average Bonchev–Trinajstić information content (AvgIpc) is 2.40. The summed E-state index contributed by atoms with van der Waals surface area (Å²) in [6, 6.07) is 5.50. The first-order chi connectivity index (χ1) is 9.40. The number of nitriles is 1. The van der Waals surface area contributed by atoms with Gasteiger partial charge in [-0.05, 0) is 51.2 Å². The fourth-order valence-corrected chi connectivity index (χ4v) is 2.36. The smallest absolute Gasteiger partial charge is 0.382 e. The molecule has 1 heterocycles. The van der Waals surface area contributed by atoms with Crippen molar-refractivity contribution in [2.24, 2.45) is 0 Å². The SMILES string of the molecule is CN1CCC(Nc2ccc(C(F)(F)F)c(C#N)c2)CC1. The zero-order valence-electron chi connectivity index (χ0n) is 11.2. The summed E-state index contributed by atoms with van der Waals surface area (Å²) in [6.07, 6.45) is -2.60. The Kier molecular flexibility index (Phi) is 4.19. The number of piperidine rings is 1. The molecule has 0 bridgehead atoms. The predicted octanol–water partition coefficient (Wildman–Crippen LogP) is 3.08. The highest BCUT2D eigenvalue weighted by Gasteiger charge is 2.33. The van der Waals surface area contributed by atoms with Crippen LogP contribution in [0.25, 0.3) is 0 Å². The van der Waals surface area contributed by atoms with Crippen LogP contribution in [0, 0.1) is 11.3 Å². The fourth-order valence-electron chi connectivity index (χ4n) is 2.36. The molecule has 0 unspecified atom stereocenters. The standard InChI is InChI=1S/C14H16F3N3/c1-20-6-4-11(5-7-20)19-12-2-3-13(14(15,16)17)10(8-12)9-18/h2-3,8,11,19H,4-7H2,1H3. The molecule has 1 aromatic rings. The topological polar surface area (TPSA) is 39.1 Å². The average molecular weight is 283 g/mol. The Hall–Kier alpha value is -1.74. The van der Waals surface area contributed by atoms with E-state index in [1.54, 1.807) is 6.07 Å². The minimum absolute atomic E-state index is 0.245. The first-order valence-corrected chi connectivity index (χ1v) is 6.46. The number of nitrogens with zero attached hydrogens (tertiary/aromatic N) is 2. The van der Waals surface area contributed by atoms with Gasteiger partial charge in [0.2, 0.25) is 0 Å². The molecule has 1 saturated heterocycles. The van der Waals surface area contributed by atoms with Crippen LogP contribution in [0.3, 0.4) is 0 Å². The van der Waals surface area contributed by atoms with Crippen LogP contribution in [0.1, 0.15) is 24.0 Å². The highest BCUT2D eigenvalue weighted by molar-refractivity contribution is 5.54. The van der Waals surface area contributed by atoms with Crippen molar-refractivity contribution >= 4 is 5.69 Å². The van der Waals surface area contributed by atoms with E-state index in [2.05, 4.69) is 10.2 Å². The van der Waals surface area contributed by atoms with Gasteiger partial charge in [0.25, 0.3) is 0 Å². The van der Waals surface area contributed by atoms with Crippen LogP contribution in [0.5, 0.6) is 0 Å². The molecule has 0 amide bonds.